The molecule has 0 amide bonds. The first kappa shape index (κ1) is 23.0. The molecule has 9 heteroatoms. The van der Waals surface area contributed by atoms with Gasteiger partial charge in [0.1, 0.15) is 5.82 Å². The first-order valence-corrected chi connectivity index (χ1v) is 11.8. The molecule has 0 aliphatic carbocycles. The molecule has 158 valence electrons. The summed E-state index contributed by atoms with van der Waals surface area (Å²) in [6.07, 6.45) is 2.36. The van der Waals surface area contributed by atoms with E-state index in [1.165, 1.54) is 4.68 Å². The highest BCUT2D eigenvalue weighted by molar-refractivity contribution is 9.13. The Morgan fingerprint density at radius 2 is 1.97 bits per heavy atom. The van der Waals surface area contributed by atoms with Crippen LogP contribution in [-0.2, 0) is 0 Å². The summed E-state index contributed by atoms with van der Waals surface area (Å²) in [6.45, 7) is 6.29. The number of nitrogens with zero attached hydrogens (tertiary/aromatic N) is 3. The number of aromatic nitrogens is 2. The van der Waals surface area contributed by atoms with Crippen LogP contribution in [0.15, 0.2) is 47.6 Å². The summed E-state index contributed by atoms with van der Waals surface area (Å²) < 4.78 is 8.68. The minimum atomic E-state index is -0.244. The number of aromatic hydroxyl groups is 1. The van der Waals surface area contributed by atoms with E-state index in [0.717, 1.165) is 10.9 Å². The standard InChI is InChI=1S/C21H20Br3N3O3/c1-4-11(3)20-26-15-7-6-13(22)9-14(15)21(29)27(20)25-10-12-8-16(30-5-2)19(28)18(24)17(12)23/h6-11,28H,4-5H2,1-3H3/t11-/m0/s1. The maximum Gasteiger partial charge on any atom is 0.282 e. The van der Waals surface area contributed by atoms with Gasteiger partial charge in [-0.1, -0.05) is 29.8 Å². The lowest BCUT2D eigenvalue weighted by molar-refractivity contribution is 0.317. The van der Waals surface area contributed by atoms with Gasteiger partial charge in [-0.05, 0) is 69.5 Å². The molecule has 2 aromatic carbocycles. The Bertz CT molecular complexity index is 1190. The van der Waals surface area contributed by atoms with E-state index >= 15 is 0 Å². The van der Waals surface area contributed by atoms with Crippen LogP contribution < -0.4 is 10.3 Å². The van der Waals surface area contributed by atoms with Crippen LogP contribution in [0.3, 0.4) is 0 Å². The van der Waals surface area contributed by atoms with E-state index in [1.54, 1.807) is 18.3 Å². The van der Waals surface area contributed by atoms with Gasteiger partial charge >= 0.3 is 0 Å². The summed E-state index contributed by atoms with van der Waals surface area (Å²) >= 11 is 10.2. The van der Waals surface area contributed by atoms with Crippen LogP contribution in [0, 0.1) is 0 Å². The second-order valence-electron chi connectivity index (χ2n) is 6.68. The SMILES string of the molecule is CCOc1cc(C=Nn2c([C@@H](C)CC)nc3ccc(Br)cc3c2=O)c(Br)c(Br)c1O. The van der Waals surface area contributed by atoms with Crippen molar-refractivity contribution >= 4 is 64.9 Å². The molecule has 0 fully saturated rings. The van der Waals surface area contributed by atoms with E-state index in [4.69, 9.17) is 9.72 Å². The first-order chi connectivity index (χ1) is 14.3. The second kappa shape index (κ2) is 9.62. The number of fused-ring (bicyclic) bond motifs is 1. The van der Waals surface area contributed by atoms with E-state index in [1.807, 2.05) is 32.9 Å². The van der Waals surface area contributed by atoms with E-state index < -0.39 is 0 Å². The van der Waals surface area contributed by atoms with Gasteiger partial charge in [0.2, 0.25) is 0 Å². The van der Waals surface area contributed by atoms with E-state index in [9.17, 15) is 9.90 Å². The number of hydrogen-bond acceptors (Lipinski definition) is 5. The summed E-state index contributed by atoms with van der Waals surface area (Å²) in [7, 11) is 0. The minimum absolute atomic E-state index is 0.00411. The smallest absolute Gasteiger partial charge is 0.282 e. The molecule has 1 aromatic heterocycles. The van der Waals surface area contributed by atoms with Gasteiger partial charge in [0.05, 0.1) is 28.2 Å². The number of halogens is 3. The van der Waals surface area contributed by atoms with Crippen molar-refractivity contribution in [1.29, 1.82) is 0 Å². The molecule has 1 atom stereocenters. The molecule has 3 rings (SSSR count). The third-order valence-corrected chi connectivity index (χ3v) is 7.32. The molecule has 0 aliphatic rings. The van der Waals surface area contributed by atoms with Gasteiger partial charge in [-0.3, -0.25) is 4.79 Å². The van der Waals surface area contributed by atoms with Gasteiger partial charge in [-0.15, -0.1) is 0 Å². The maximum atomic E-state index is 13.2. The molecule has 0 spiro atoms. The Morgan fingerprint density at radius 1 is 1.23 bits per heavy atom. The van der Waals surface area contributed by atoms with Gasteiger partial charge in [0.25, 0.3) is 5.56 Å². The van der Waals surface area contributed by atoms with Crippen molar-refractivity contribution in [3.05, 3.63) is 59.4 Å². The molecule has 1 N–H and O–H groups in total. The van der Waals surface area contributed by atoms with Gasteiger partial charge in [0.15, 0.2) is 11.5 Å². The highest BCUT2D eigenvalue weighted by Crippen LogP contribution is 2.41. The monoisotopic (exact) mass is 599 g/mol. The zero-order valence-corrected chi connectivity index (χ0v) is 21.4. The molecule has 6 nitrogen and oxygen atoms in total. The Labute approximate surface area is 199 Å². The molecule has 0 saturated heterocycles. The van der Waals surface area contributed by atoms with E-state index in [2.05, 4.69) is 52.9 Å². The van der Waals surface area contributed by atoms with Gasteiger partial charge < -0.3 is 9.84 Å². The van der Waals surface area contributed by atoms with Crippen LogP contribution >= 0.6 is 47.8 Å². The maximum absolute atomic E-state index is 13.2. The van der Waals surface area contributed by atoms with Crippen molar-refractivity contribution in [2.24, 2.45) is 5.10 Å². The normalized spacial score (nSPS) is 12.6. The average Bonchev–Trinajstić information content (AvgIpc) is 2.74. The predicted molar refractivity (Wildman–Crippen MR) is 130 cm³/mol. The van der Waals surface area contributed by atoms with Gasteiger partial charge in [-0.2, -0.15) is 9.78 Å². The van der Waals surface area contributed by atoms with Crippen LogP contribution in [-0.4, -0.2) is 27.6 Å². The Morgan fingerprint density at radius 3 is 2.63 bits per heavy atom. The molecule has 3 aromatic rings. The first-order valence-electron chi connectivity index (χ1n) is 9.38. The van der Waals surface area contributed by atoms with Crippen molar-refractivity contribution < 1.29 is 9.84 Å². The fraction of sp³-hybridized carbons (Fsp3) is 0.286. The van der Waals surface area contributed by atoms with Gasteiger partial charge in [0, 0.05) is 20.4 Å². The minimum Gasteiger partial charge on any atom is -0.503 e. The van der Waals surface area contributed by atoms with Crippen LogP contribution in [0.4, 0.5) is 0 Å². The molecular weight excluding hydrogens is 582 g/mol. The van der Waals surface area contributed by atoms with Crippen molar-refractivity contribution in [2.45, 2.75) is 33.1 Å². The third kappa shape index (κ3) is 4.48. The quantitative estimate of drug-likeness (QED) is 0.342. The fourth-order valence-electron chi connectivity index (χ4n) is 2.87. The number of phenols is 1. The number of phenolic OH excluding ortho intramolecular Hbond substituents is 1. The molecule has 0 saturated carbocycles. The number of ether oxygens (including phenoxy) is 1. The van der Waals surface area contributed by atoms with Crippen molar-refractivity contribution in [3.8, 4) is 11.5 Å². The van der Waals surface area contributed by atoms with Crippen molar-refractivity contribution in [2.75, 3.05) is 6.61 Å². The van der Waals surface area contributed by atoms with Crippen LogP contribution in [0.5, 0.6) is 11.5 Å². The van der Waals surface area contributed by atoms with E-state index in [0.29, 0.717) is 43.6 Å². The molecule has 0 bridgehead atoms. The lowest BCUT2D eigenvalue weighted by atomic mass is 10.1. The zero-order valence-electron chi connectivity index (χ0n) is 16.6. The second-order valence-corrected chi connectivity index (χ2v) is 9.18. The summed E-state index contributed by atoms with van der Waals surface area (Å²) in [5, 5.41) is 15.2. The summed E-state index contributed by atoms with van der Waals surface area (Å²) in [4.78, 5) is 17.9. The van der Waals surface area contributed by atoms with Crippen LogP contribution in [0.25, 0.3) is 10.9 Å². The lowest BCUT2D eigenvalue weighted by Gasteiger charge is -2.14. The summed E-state index contributed by atoms with van der Waals surface area (Å²) in [5.41, 5.74) is 1.03. The number of hydrogen-bond donors (Lipinski definition) is 1. The van der Waals surface area contributed by atoms with Crippen molar-refractivity contribution in [1.82, 2.24) is 9.66 Å². The molecule has 0 unspecified atom stereocenters. The Balaban J connectivity index is 2.21. The Kier molecular flexibility index (Phi) is 7.36. The molecule has 30 heavy (non-hydrogen) atoms. The number of benzene rings is 2. The van der Waals surface area contributed by atoms with Crippen molar-refractivity contribution in [3.63, 3.8) is 0 Å². The summed E-state index contributed by atoms with van der Waals surface area (Å²) in [5.74, 6) is 0.948. The average molecular weight is 602 g/mol. The Hall–Kier alpha value is -1.71. The molecule has 0 aliphatic heterocycles. The van der Waals surface area contributed by atoms with Crippen LogP contribution in [0.1, 0.15) is 44.5 Å². The molecular formula is C21H20Br3N3O3. The van der Waals surface area contributed by atoms with E-state index in [-0.39, 0.29) is 17.2 Å². The fourth-order valence-corrected chi connectivity index (χ4v) is 4.06. The largest absolute Gasteiger partial charge is 0.503 e. The van der Waals surface area contributed by atoms with Crippen LogP contribution in [0.2, 0.25) is 0 Å². The highest BCUT2D eigenvalue weighted by Gasteiger charge is 2.17. The molecule has 0 radical (unpaired) electrons. The predicted octanol–water partition coefficient (Wildman–Crippen LogP) is 6.18. The topological polar surface area (TPSA) is 76.7 Å². The zero-order chi connectivity index (χ0) is 22.0. The highest BCUT2D eigenvalue weighted by atomic mass is 79.9. The molecule has 1 heterocycles. The lowest BCUT2D eigenvalue weighted by Crippen LogP contribution is -2.23. The summed E-state index contributed by atoms with van der Waals surface area (Å²) in [6, 6.07) is 7.10. The third-order valence-electron chi connectivity index (χ3n) is 4.67. The van der Waals surface area contributed by atoms with Gasteiger partial charge in [-0.25, -0.2) is 4.98 Å². The number of rotatable bonds is 6.